The molecule has 0 saturated heterocycles. The van der Waals surface area contributed by atoms with Gasteiger partial charge in [0.1, 0.15) is 5.82 Å². The second-order valence-electron chi connectivity index (χ2n) is 6.59. The molecule has 1 saturated carbocycles. The molecule has 0 radical (unpaired) electrons. The highest BCUT2D eigenvalue weighted by Crippen LogP contribution is 2.43. The number of nitrogens with zero attached hydrogens (tertiary/aromatic N) is 4. The fourth-order valence-corrected chi connectivity index (χ4v) is 3.26. The van der Waals surface area contributed by atoms with E-state index < -0.39 is 11.8 Å². The van der Waals surface area contributed by atoms with Crippen molar-refractivity contribution < 1.29 is 13.6 Å². The van der Waals surface area contributed by atoms with Gasteiger partial charge in [-0.15, -0.1) is 0 Å². The van der Waals surface area contributed by atoms with Gasteiger partial charge >= 0.3 is 0 Å². The molecule has 1 aromatic rings. The van der Waals surface area contributed by atoms with Gasteiger partial charge in [0.2, 0.25) is 11.8 Å². The van der Waals surface area contributed by atoms with E-state index in [-0.39, 0.29) is 18.7 Å². The lowest BCUT2D eigenvalue weighted by Gasteiger charge is -2.36. The maximum absolute atomic E-state index is 12.9. The second-order valence-corrected chi connectivity index (χ2v) is 6.59. The van der Waals surface area contributed by atoms with Crippen molar-refractivity contribution in [2.75, 3.05) is 27.2 Å². The number of imidazole rings is 1. The van der Waals surface area contributed by atoms with Crippen LogP contribution in [0, 0.1) is 5.92 Å². The molecule has 3 rings (SSSR count). The first kappa shape index (κ1) is 15.4. The number of carbonyl (C=O) groups excluding carboxylic acids is 1. The fraction of sp³-hybridized carbons (Fsp3) is 0.733. The van der Waals surface area contributed by atoms with Crippen molar-refractivity contribution in [3.05, 3.63) is 17.7 Å². The number of carbonyl (C=O) groups is 1. The molecule has 0 unspecified atom stereocenters. The molecule has 0 atom stereocenters. The van der Waals surface area contributed by atoms with Gasteiger partial charge in [-0.2, -0.15) is 0 Å². The molecule has 2 aliphatic rings. The van der Waals surface area contributed by atoms with E-state index >= 15 is 0 Å². The highest BCUT2D eigenvalue weighted by molar-refractivity contribution is 5.80. The van der Waals surface area contributed by atoms with Crippen LogP contribution in [-0.4, -0.2) is 58.4 Å². The zero-order valence-corrected chi connectivity index (χ0v) is 13.1. The van der Waals surface area contributed by atoms with Gasteiger partial charge in [0.25, 0.3) is 0 Å². The summed E-state index contributed by atoms with van der Waals surface area (Å²) >= 11 is 0. The third kappa shape index (κ3) is 2.99. The molecule has 5 nitrogen and oxygen atoms in total. The summed E-state index contributed by atoms with van der Waals surface area (Å²) in [6.07, 6.45) is 1.99. The molecule has 0 bridgehead atoms. The first-order valence-electron chi connectivity index (χ1n) is 7.70. The Balaban J connectivity index is 1.64. The molecule has 2 heterocycles. The average Bonchev–Trinajstić information content (AvgIpc) is 2.66. The predicted molar refractivity (Wildman–Crippen MR) is 77.6 cm³/mol. The summed E-state index contributed by atoms with van der Waals surface area (Å²) in [6.45, 7) is 2.63. The molecule has 1 aliphatic heterocycles. The molecule has 0 N–H and O–H groups in total. The number of rotatable bonds is 3. The van der Waals surface area contributed by atoms with Gasteiger partial charge in [-0.1, -0.05) is 0 Å². The molecule has 1 amide bonds. The minimum atomic E-state index is -2.64. The van der Waals surface area contributed by atoms with Crippen LogP contribution in [0.25, 0.3) is 0 Å². The maximum atomic E-state index is 12.9. The number of halogens is 2. The molecule has 0 spiro atoms. The van der Waals surface area contributed by atoms with E-state index in [4.69, 9.17) is 0 Å². The van der Waals surface area contributed by atoms with Gasteiger partial charge in [0, 0.05) is 57.6 Å². The van der Waals surface area contributed by atoms with Crippen molar-refractivity contribution in [1.82, 2.24) is 19.4 Å². The van der Waals surface area contributed by atoms with Gasteiger partial charge in [0.15, 0.2) is 0 Å². The van der Waals surface area contributed by atoms with E-state index in [2.05, 4.69) is 14.5 Å². The van der Waals surface area contributed by atoms with E-state index in [1.165, 1.54) is 0 Å². The van der Waals surface area contributed by atoms with Crippen molar-refractivity contribution in [2.24, 2.45) is 5.92 Å². The molecule has 122 valence electrons. The van der Waals surface area contributed by atoms with E-state index in [0.717, 1.165) is 18.1 Å². The Morgan fingerprint density at radius 2 is 2.09 bits per heavy atom. The van der Waals surface area contributed by atoms with E-state index in [9.17, 15) is 13.6 Å². The van der Waals surface area contributed by atoms with Crippen molar-refractivity contribution in [1.29, 1.82) is 0 Å². The Hall–Kier alpha value is -1.50. The van der Waals surface area contributed by atoms with Crippen LogP contribution in [-0.2, 0) is 24.3 Å². The quantitative estimate of drug-likeness (QED) is 0.846. The van der Waals surface area contributed by atoms with Crippen LogP contribution in [0.5, 0.6) is 0 Å². The minimum absolute atomic E-state index is 0.120. The third-order valence-corrected chi connectivity index (χ3v) is 4.45. The fourth-order valence-electron chi connectivity index (χ4n) is 3.26. The zero-order chi connectivity index (χ0) is 15.9. The zero-order valence-electron chi connectivity index (χ0n) is 13.1. The van der Waals surface area contributed by atoms with Crippen LogP contribution >= 0.6 is 0 Å². The predicted octanol–water partition coefficient (Wildman–Crippen LogP) is 1.37. The largest absolute Gasteiger partial charge is 0.340 e. The smallest absolute Gasteiger partial charge is 0.249 e. The Kier molecular flexibility index (Phi) is 3.92. The summed E-state index contributed by atoms with van der Waals surface area (Å²) in [5.74, 6) is -2.28. The van der Waals surface area contributed by atoms with Gasteiger partial charge in [-0.05, 0) is 14.1 Å². The van der Waals surface area contributed by atoms with Gasteiger partial charge in [0.05, 0.1) is 5.69 Å². The number of hydrogen-bond acceptors (Lipinski definition) is 3. The molecular formula is C15H22F2N4O. The summed E-state index contributed by atoms with van der Waals surface area (Å²) in [5.41, 5.74) is 1.13. The first-order valence-corrected chi connectivity index (χ1v) is 7.70. The summed E-state index contributed by atoms with van der Waals surface area (Å²) in [6, 6.07) is 0. The molecular weight excluding hydrogens is 290 g/mol. The lowest BCUT2D eigenvalue weighted by molar-refractivity contribution is -0.159. The Bertz CT molecular complexity index is 562. The normalized spacial score (nSPS) is 21.4. The van der Waals surface area contributed by atoms with Crippen LogP contribution in [0.1, 0.15) is 24.4 Å². The van der Waals surface area contributed by atoms with Crippen LogP contribution in [0.4, 0.5) is 8.78 Å². The number of aromatic nitrogens is 2. The Labute approximate surface area is 128 Å². The van der Waals surface area contributed by atoms with Crippen LogP contribution in [0.2, 0.25) is 0 Å². The Morgan fingerprint density at radius 3 is 2.73 bits per heavy atom. The molecule has 7 heteroatoms. The van der Waals surface area contributed by atoms with E-state index in [0.29, 0.717) is 26.1 Å². The van der Waals surface area contributed by atoms with Crippen molar-refractivity contribution >= 4 is 5.91 Å². The van der Waals surface area contributed by atoms with Gasteiger partial charge < -0.3 is 14.4 Å². The minimum Gasteiger partial charge on any atom is -0.340 e. The highest BCUT2D eigenvalue weighted by Gasteiger charge is 2.49. The average molecular weight is 312 g/mol. The number of amides is 1. The standard InChI is InChI=1S/C15H22F2N4O/c1-19(2)10-12-9-18-13-3-4-20(5-6-21(12)13)14(22)11-7-15(16,17)8-11/h9,11H,3-8,10H2,1-2H3. The number of hydrogen-bond donors (Lipinski definition) is 0. The Morgan fingerprint density at radius 1 is 1.36 bits per heavy atom. The molecule has 0 aromatic carbocycles. The lowest BCUT2D eigenvalue weighted by atomic mass is 9.80. The monoisotopic (exact) mass is 312 g/mol. The summed E-state index contributed by atoms with van der Waals surface area (Å²) in [5, 5.41) is 0. The van der Waals surface area contributed by atoms with Crippen molar-refractivity contribution in [2.45, 2.75) is 38.3 Å². The highest BCUT2D eigenvalue weighted by atomic mass is 19.3. The number of fused-ring (bicyclic) bond motifs is 1. The molecule has 22 heavy (non-hydrogen) atoms. The third-order valence-electron chi connectivity index (χ3n) is 4.45. The van der Waals surface area contributed by atoms with Crippen molar-refractivity contribution in [3.63, 3.8) is 0 Å². The SMILES string of the molecule is CN(C)Cc1cnc2n1CCN(C(=O)C1CC(F)(F)C1)CC2. The topological polar surface area (TPSA) is 41.4 Å². The summed E-state index contributed by atoms with van der Waals surface area (Å²) < 4.78 is 28.0. The van der Waals surface area contributed by atoms with Gasteiger partial charge in [-0.3, -0.25) is 4.79 Å². The summed E-state index contributed by atoms with van der Waals surface area (Å²) in [4.78, 5) is 20.6. The van der Waals surface area contributed by atoms with E-state index in [1.54, 1.807) is 4.90 Å². The number of alkyl halides is 2. The molecule has 1 aromatic heterocycles. The maximum Gasteiger partial charge on any atom is 0.249 e. The first-order chi connectivity index (χ1) is 10.4. The van der Waals surface area contributed by atoms with Crippen LogP contribution in [0.3, 0.4) is 0 Å². The van der Waals surface area contributed by atoms with Gasteiger partial charge in [-0.25, -0.2) is 13.8 Å². The van der Waals surface area contributed by atoms with Crippen LogP contribution < -0.4 is 0 Å². The molecule has 1 aliphatic carbocycles. The summed E-state index contributed by atoms with van der Waals surface area (Å²) in [7, 11) is 4.01. The van der Waals surface area contributed by atoms with Crippen molar-refractivity contribution in [3.8, 4) is 0 Å². The lowest BCUT2D eigenvalue weighted by Crippen LogP contribution is -2.47. The van der Waals surface area contributed by atoms with E-state index in [1.807, 2.05) is 20.3 Å². The second kappa shape index (κ2) is 5.61. The molecule has 1 fully saturated rings. The van der Waals surface area contributed by atoms with Crippen LogP contribution in [0.15, 0.2) is 6.20 Å².